The predicted octanol–water partition coefficient (Wildman–Crippen LogP) is 1.69. The van der Waals surface area contributed by atoms with Crippen molar-refractivity contribution in [2.75, 3.05) is 0 Å². The molecular weight excluding hydrogens is 200 g/mol. The number of hydrogen-bond acceptors (Lipinski definition) is 2. The van der Waals surface area contributed by atoms with Crippen molar-refractivity contribution in [3.63, 3.8) is 0 Å². The third kappa shape index (κ3) is 1.56. The number of pyridine rings is 1. The van der Waals surface area contributed by atoms with Crippen LogP contribution in [0, 0.1) is 5.41 Å². The van der Waals surface area contributed by atoms with Gasteiger partial charge in [0.05, 0.1) is 17.5 Å². The zero-order valence-electron chi connectivity index (χ0n) is 8.98. The van der Waals surface area contributed by atoms with Gasteiger partial charge in [0, 0.05) is 18.5 Å². The molecule has 3 N–H and O–H groups in total. The molecule has 0 bridgehead atoms. The minimum atomic E-state index is 0.201. The van der Waals surface area contributed by atoms with E-state index in [1.165, 1.54) is 12.8 Å². The van der Waals surface area contributed by atoms with Crippen LogP contribution in [-0.4, -0.2) is 15.2 Å². The van der Waals surface area contributed by atoms with Crippen LogP contribution in [0.1, 0.15) is 30.1 Å². The lowest BCUT2D eigenvalue weighted by atomic mass is 10.2. The van der Waals surface area contributed by atoms with Gasteiger partial charge in [0.2, 0.25) is 0 Å². The molecule has 4 heteroatoms. The zero-order chi connectivity index (χ0) is 11.1. The van der Waals surface area contributed by atoms with Gasteiger partial charge in [-0.15, -0.1) is 0 Å². The molecule has 2 aromatic rings. The van der Waals surface area contributed by atoms with Gasteiger partial charge >= 0.3 is 0 Å². The van der Waals surface area contributed by atoms with E-state index in [0.717, 1.165) is 16.9 Å². The third-order valence-electron chi connectivity index (χ3n) is 2.95. The summed E-state index contributed by atoms with van der Waals surface area (Å²) in [6.45, 7) is 0. The number of nitrogens with zero attached hydrogens (tertiary/aromatic N) is 2. The highest BCUT2D eigenvalue weighted by Crippen LogP contribution is 2.39. The van der Waals surface area contributed by atoms with Gasteiger partial charge in [0.1, 0.15) is 5.82 Å². The molecule has 1 saturated carbocycles. The van der Waals surface area contributed by atoms with E-state index in [-0.39, 0.29) is 5.84 Å². The molecule has 16 heavy (non-hydrogen) atoms. The van der Waals surface area contributed by atoms with Crippen molar-refractivity contribution >= 4 is 11.4 Å². The molecule has 0 amide bonds. The van der Waals surface area contributed by atoms with Gasteiger partial charge < -0.3 is 10.1 Å². The molecule has 1 aliphatic rings. The lowest BCUT2D eigenvalue weighted by Gasteiger charge is -2.03. The number of hydrogen-bond donors (Lipinski definition) is 2. The Kier molecular flexibility index (Phi) is 1.96. The number of nitrogens with two attached hydrogens (primary N) is 1. The molecule has 0 saturated heterocycles. The van der Waals surface area contributed by atoms with Crippen molar-refractivity contribution in [3.8, 4) is 0 Å². The molecule has 3 rings (SSSR count). The van der Waals surface area contributed by atoms with E-state index in [9.17, 15) is 0 Å². The van der Waals surface area contributed by atoms with Crippen LogP contribution in [-0.2, 0) is 6.42 Å². The van der Waals surface area contributed by atoms with Gasteiger partial charge in [-0.2, -0.15) is 0 Å². The van der Waals surface area contributed by atoms with Gasteiger partial charge in [-0.05, 0) is 24.5 Å². The lowest BCUT2D eigenvalue weighted by molar-refractivity contribution is 0.914. The Bertz CT molecular complexity index is 551. The minimum absolute atomic E-state index is 0.201. The summed E-state index contributed by atoms with van der Waals surface area (Å²) in [5, 5.41) is 7.31. The topological polar surface area (TPSA) is 67.2 Å². The van der Waals surface area contributed by atoms with Crippen LogP contribution in [0.15, 0.2) is 24.5 Å². The summed E-state index contributed by atoms with van der Waals surface area (Å²) in [6, 6.07) is 4.05. The molecular formula is C12H14N4. The lowest BCUT2D eigenvalue weighted by Crippen LogP contribution is -2.13. The van der Waals surface area contributed by atoms with Crippen LogP contribution in [0.3, 0.4) is 0 Å². The molecule has 82 valence electrons. The maximum Gasteiger partial charge on any atom is 0.116 e. The largest absolute Gasteiger partial charge is 0.387 e. The smallest absolute Gasteiger partial charge is 0.116 e. The fraction of sp³-hybridized carbons (Fsp3) is 0.333. The predicted molar refractivity (Wildman–Crippen MR) is 62.8 cm³/mol. The van der Waals surface area contributed by atoms with E-state index < -0.39 is 0 Å². The maximum absolute atomic E-state index is 7.31. The quantitative estimate of drug-likeness (QED) is 0.603. The molecule has 0 atom stereocenters. The second kappa shape index (κ2) is 3.33. The summed E-state index contributed by atoms with van der Waals surface area (Å²) in [7, 11) is 0. The molecule has 2 heterocycles. The van der Waals surface area contributed by atoms with Crippen LogP contribution in [0.5, 0.6) is 0 Å². The Balaban J connectivity index is 2.06. The van der Waals surface area contributed by atoms with Gasteiger partial charge in [-0.3, -0.25) is 5.41 Å². The van der Waals surface area contributed by atoms with E-state index in [1.54, 1.807) is 0 Å². The number of fused-ring (bicyclic) bond motifs is 1. The summed E-state index contributed by atoms with van der Waals surface area (Å²) < 4.78 is 2.13. The Hall–Kier alpha value is -1.84. The summed E-state index contributed by atoms with van der Waals surface area (Å²) in [6.07, 6.45) is 6.97. The normalized spacial score (nSPS) is 15.5. The van der Waals surface area contributed by atoms with Crippen LogP contribution >= 0.6 is 0 Å². The van der Waals surface area contributed by atoms with Gasteiger partial charge in [0.25, 0.3) is 0 Å². The van der Waals surface area contributed by atoms with Crippen molar-refractivity contribution in [2.24, 2.45) is 5.73 Å². The summed E-state index contributed by atoms with van der Waals surface area (Å²) in [5.74, 6) is 1.99. The molecule has 0 unspecified atom stereocenters. The van der Waals surface area contributed by atoms with Crippen LogP contribution < -0.4 is 5.73 Å². The average Bonchev–Trinajstić information content (AvgIpc) is 2.98. The first-order valence-electron chi connectivity index (χ1n) is 5.53. The highest BCUT2D eigenvalue weighted by atomic mass is 15.0. The average molecular weight is 214 g/mol. The van der Waals surface area contributed by atoms with Gasteiger partial charge in [-0.1, -0.05) is 6.07 Å². The molecule has 1 fully saturated rings. The molecule has 0 aromatic carbocycles. The summed E-state index contributed by atoms with van der Waals surface area (Å²) >= 11 is 0. The van der Waals surface area contributed by atoms with E-state index in [2.05, 4.69) is 15.6 Å². The third-order valence-corrected chi connectivity index (χ3v) is 2.95. The minimum Gasteiger partial charge on any atom is -0.387 e. The fourth-order valence-electron chi connectivity index (χ4n) is 2.02. The molecule has 2 aromatic heterocycles. The Morgan fingerprint density at radius 1 is 1.50 bits per heavy atom. The number of aromatic nitrogens is 2. The van der Waals surface area contributed by atoms with E-state index >= 15 is 0 Å². The number of rotatable bonds is 3. The monoisotopic (exact) mass is 214 g/mol. The first-order chi connectivity index (χ1) is 7.74. The zero-order valence-corrected chi connectivity index (χ0v) is 8.98. The number of nitrogens with one attached hydrogen (secondary N) is 1. The van der Waals surface area contributed by atoms with Gasteiger partial charge in [-0.25, -0.2) is 4.98 Å². The first kappa shape index (κ1) is 9.39. The van der Waals surface area contributed by atoms with Crippen molar-refractivity contribution in [2.45, 2.75) is 25.2 Å². The molecule has 4 nitrogen and oxygen atoms in total. The number of imidazole rings is 1. The van der Waals surface area contributed by atoms with E-state index in [1.807, 2.05) is 18.3 Å². The van der Waals surface area contributed by atoms with E-state index in [4.69, 9.17) is 11.1 Å². The van der Waals surface area contributed by atoms with Crippen LogP contribution in [0.4, 0.5) is 0 Å². The summed E-state index contributed by atoms with van der Waals surface area (Å²) in [5.41, 5.74) is 7.60. The van der Waals surface area contributed by atoms with Crippen molar-refractivity contribution in [1.29, 1.82) is 5.41 Å². The molecule has 0 radical (unpaired) electrons. The molecule has 0 aliphatic heterocycles. The first-order valence-corrected chi connectivity index (χ1v) is 5.53. The highest BCUT2D eigenvalue weighted by molar-refractivity contribution is 5.79. The molecule has 0 spiro atoms. The van der Waals surface area contributed by atoms with Crippen LogP contribution in [0.2, 0.25) is 0 Å². The molecule has 1 aliphatic carbocycles. The van der Waals surface area contributed by atoms with E-state index in [0.29, 0.717) is 12.3 Å². The number of amidine groups is 1. The SMILES string of the molecule is N=C(N)Cc1ccc2cnc(C3CC3)n2c1. The standard InChI is InChI=1S/C12H14N4/c13-11(14)5-8-1-4-10-6-15-12(9-2-3-9)16(10)7-8/h1,4,6-7,9H,2-3,5H2,(H3,13,14). The summed E-state index contributed by atoms with van der Waals surface area (Å²) in [4.78, 5) is 4.46. The Morgan fingerprint density at radius 3 is 3.00 bits per heavy atom. The Labute approximate surface area is 93.6 Å². The second-order valence-electron chi connectivity index (χ2n) is 4.42. The fourth-order valence-corrected chi connectivity index (χ4v) is 2.02. The van der Waals surface area contributed by atoms with Crippen molar-refractivity contribution in [3.05, 3.63) is 35.9 Å². The highest BCUT2D eigenvalue weighted by Gasteiger charge is 2.27. The van der Waals surface area contributed by atoms with Crippen molar-refractivity contribution < 1.29 is 0 Å². The second-order valence-corrected chi connectivity index (χ2v) is 4.42. The van der Waals surface area contributed by atoms with Gasteiger partial charge in [0.15, 0.2) is 0 Å². The van der Waals surface area contributed by atoms with Crippen molar-refractivity contribution in [1.82, 2.24) is 9.38 Å². The van der Waals surface area contributed by atoms with Crippen LogP contribution in [0.25, 0.3) is 5.52 Å². The maximum atomic E-state index is 7.31. The Morgan fingerprint density at radius 2 is 2.31 bits per heavy atom.